The van der Waals surface area contributed by atoms with Crippen LogP contribution in [0.5, 0.6) is 0 Å². The number of rotatable bonds is 4. The van der Waals surface area contributed by atoms with Crippen molar-refractivity contribution >= 4 is 17.7 Å². The van der Waals surface area contributed by atoms with Crippen molar-refractivity contribution < 1.29 is 4.79 Å². The summed E-state index contributed by atoms with van der Waals surface area (Å²) in [6.45, 7) is 1.97. The monoisotopic (exact) mass is 249 g/mol. The van der Waals surface area contributed by atoms with Gasteiger partial charge in [-0.05, 0) is 31.9 Å². The minimum absolute atomic E-state index is 0.0157. The van der Waals surface area contributed by atoms with Gasteiger partial charge in [-0.2, -0.15) is 0 Å². The maximum absolute atomic E-state index is 12.0. The first kappa shape index (κ1) is 12.5. The van der Waals surface area contributed by atoms with Gasteiger partial charge in [-0.15, -0.1) is 11.8 Å². The van der Waals surface area contributed by atoms with Gasteiger partial charge in [0.25, 0.3) is 0 Å². The van der Waals surface area contributed by atoms with Crippen LogP contribution in [0.25, 0.3) is 0 Å². The van der Waals surface area contributed by atoms with Crippen molar-refractivity contribution in [3.05, 3.63) is 30.3 Å². The lowest BCUT2D eigenvalue weighted by Crippen LogP contribution is -2.37. The van der Waals surface area contributed by atoms with E-state index in [1.54, 1.807) is 11.8 Å². The molecule has 0 spiro atoms. The standard InChI is InChI=1S/C14H19NOS/c1-11(17-13-9-3-2-4-10-13)14(16)15-12-7-5-6-8-12/h2-4,9-12H,5-8H2,1H3,(H,15,16)/t11-/m1/s1. The molecule has 0 heterocycles. The summed E-state index contributed by atoms with van der Waals surface area (Å²) in [6, 6.07) is 10.5. The molecule has 0 aliphatic heterocycles. The summed E-state index contributed by atoms with van der Waals surface area (Å²) in [7, 11) is 0. The first-order chi connectivity index (χ1) is 8.25. The number of hydrogen-bond donors (Lipinski definition) is 1. The van der Waals surface area contributed by atoms with Crippen molar-refractivity contribution in [1.82, 2.24) is 5.32 Å². The quantitative estimate of drug-likeness (QED) is 0.830. The van der Waals surface area contributed by atoms with Crippen LogP contribution in [-0.2, 0) is 4.79 Å². The fourth-order valence-electron chi connectivity index (χ4n) is 2.15. The highest BCUT2D eigenvalue weighted by Gasteiger charge is 2.20. The first-order valence-electron chi connectivity index (χ1n) is 6.28. The van der Waals surface area contributed by atoms with Crippen LogP contribution in [0.2, 0.25) is 0 Å². The predicted molar refractivity (Wildman–Crippen MR) is 72.2 cm³/mol. The molecule has 0 bridgehead atoms. The Kier molecular flexibility index (Phi) is 4.49. The summed E-state index contributed by atoms with van der Waals surface area (Å²) in [6.07, 6.45) is 4.80. The summed E-state index contributed by atoms with van der Waals surface area (Å²) < 4.78 is 0. The van der Waals surface area contributed by atoms with Crippen LogP contribution in [0, 0.1) is 0 Å². The Balaban J connectivity index is 1.82. The van der Waals surface area contributed by atoms with Gasteiger partial charge in [-0.25, -0.2) is 0 Å². The van der Waals surface area contributed by atoms with E-state index < -0.39 is 0 Å². The second kappa shape index (κ2) is 6.10. The second-order valence-corrected chi connectivity index (χ2v) is 5.98. The van der Waals surface area contributed by atoms with E-state index in [1.807, 2.05) is 37.3 Å². The minimum Gasteiger partial charge on any atom is -0.352 e. The molecular weight excluding hydrogens is 230 g/mol. The Labute approximate surface area is 107 Å². The molecule has 0 saturated heterocycles. The molecule has 0 unspecified atom stereocenters. The van der Waals surface area contributed by atoms with Gasteiger partial charge in [-0.3, -0.25) is 4.79 Å². The highest BCUT2D eigenvalue weighted by molar-refractivity contribution is 8.00. The number of carbonyl (C=O) groups excluding carboxylic acids is 1. The second-order valence-electron chi connectivity index (χ2n) is 4.56. The number of amides is 1. The van der Waals surface area contributed by atoms with Crippen LogP contribution >= 0.6 is 11.8 Å². The lowest BCUT2D eigenvalue weighted by atomic mass is 10.2. The van der Waals surface area contributed by atoms with Crippen LogP contribution in [0.4, 0.5) is 0 Å². The smallest absolute Gasteiger partial charge is 0.233 e. The van der Waals surface area contributed by atoms with Crippen molar-refractivity contribution in [2.75, 3.05) is 0 Å². The van der Waals surface area contributed by atoms with Crippen LogP contribution < -0.4 is 5.32 Å². The Morgan fingerprint density at radius 2 is 1.94 bits per heavy atom. The topological polar surface area (TPSA) is 29.1 Å². The van der Waals surface area contributed by atoms with Crippen LogP contribution in [0.15, 0.2) is 35.2 Å². The SMILES string of the molecule is C[C@@H](Sc1ccccc1)C(=O)NC1CCCC1. The molecule has 92 valence electrons. The number of benzene rings is 1. The molecule has 1 aliphatic rings. The normalized spacial score (nSPS) is 17.9. The molecule has 17 heavy (non-hydrogen) atoms. The van der Waals surface area contributed by atoms with Gasteiger partial charge in [0.1, 0.15) is 0 Å². The van der Waals surface area contributed by atoms with E-state index in [2.05, 4.69) is 5.32 Å². The number of nitrogens with one attached hydrogen (secondary N) is 1. The maximum Gasteiger partial charge on any atom is 0.233 e. The summed E-state index contributed by atoms with van der Waals surface area (Å²) in [5.41, 5.74) is 0. The fourth-order valence-corrected chi connectivity index (χ4v) is 3.04. The van der Waals surface area contributed by atoms with E-state index in [9.17, 15) is 4.79 Å². The summed E-state index contributed by atoms with van der Waals surface area (Å²) in [5, 5.41) is 3.12. The largest absolute Gasteiger partial charge is 0.352 e. The molecule has 1 fully saturated rings. The molecule has 2 rings (SSSR count). The Morgan fingerprint density at radius 1 is 1.29 bits per heavy atom. The lowest BCUT2D eigenvalue weighted by molar-refractivity contribution is -0.120. The maximum atomic E-state index is 12.0. The van der Waals surface area contributed by atoms with Crippen LogP contribution in [0.3, 0.4) is 0 Å². The van der Waals surface area contributed by atoms with Gasteiger partial charge in [0.15, 0.2) is 0 Å². The third-order valence-electron chi connectivity index (χ3n) is 3.13. The molecule has 1 aromatic rings. The van der Waals surface area contributed by atoms with E-state index in [-0.39, 0.29) is 11.2 Å². The van der Waals surface area contributed by atoms with Crippen molar-refractivity contribution in [2.45, 2.75) is 48.8 Å². The molecule has 1 aromatic carbocycles. The van der Waals surface area contributed by atoms with Gasteiger partial charge < -0.3 is 5.32 Å². The highest BCUT2D eigenvalue weighted by atomic mass is 32.2. The summed E-state index contributed by atoms with van der Waals surface area (Å²) in [4.78, 5) is 13.1. The molecule has 2 nitrogen and oxygen atoms in total. The van der Waals surface area contributed by atoms with Crippen molar-refractivity contribution in [3.8, 4) is 0 Å². The minimum atomic E-state index is -0.0157. The summed E-state index contributed by atoms with van der Waals surface area (Å²) in [5.74, 6) is 0.172. The fraction of sp³-hybridized carbons (Fsp3) is 0.500. The molecule has 1 aliphatic carbocycles. The molecule has 1 amide bonds. The van der Waals surface area contributed by atoms with E-state index in [0.29, 0.717) is 6.04 Å². The number of thioether (sulfide) groups is 1. The third kappa shape index (κ3) is 3.77. The number of hydrogen-bond acceptors (Lipinski definition) is 2. The Bertz CT molecular complexity index is 360. The zero-order valence-electron chi connectivity index (χ0n) is 10.2. The highest BCUT2D eigenvalue weighted by Crippen LogP contribution is 2.24. The van der Waals surface area contributed by atoms with E-state index in [0.717, 1.165) is 17.7 Å². The molecule has 3 heteroatoms. The Hall–Kier alpha value is -0.960. The van der Waals surface area contributed by atoms with Gasteiger partial charge in [0.05, 0.1) is 5.25 Å². The van der Waals surface area contributed by atoms with Gasteiger partial charge >= 0.3 is 0 Å². The third-order valence-corrected chi connectivity index (χ3v) is 4.24. The number of carbonyl (C=O) groups is 1. The molecule has 1 atom stereocenters. The Morgan fingerprint density at radius 3 is 2.59 bits per heavy atom. The molecule has 1 N–H and O–H groups in total. The molecule has 0 aromatic heterocycles. The summed E-state index contributed by atoms with van der Waals surface area (Å²) >= 11 is 1.62. The van der Waals surface area contributed by atoms with Crippen LogP contribution in [0.1, 0.15) is 32.6 Å². The van der Waals surface area contributed by atoms with Crippen molar-refractivity contribution in [1.29, 1.82) is 0 Å². The van der Waals surface area contributed by atoms with Gasteiger partial charge in [0, 0.05) is 10.9 Å². The first-order valence-corrected chi connectivity index (χ1v) is 7.16. The molecular formula is C14H19NOS. The predicted octanol–water partition coefficient (Wildman–Crippen LogP) is 3.23. The zero-order chi connectivity index (χ0) is 12.1. The average molecular weight is 249 g/mol. The zero-order valence-corrected chi connectivity index (χ0v) is 11.0. The van der Waals surface area contributed by atoms with Gasteiger partial charge in [0.2, 0.25) is 5.91 Å². The van der Waals surface area contributed by atoms with E-state index in [4.69, 9.17) is 0 Å². The van der Waals surface area contributed by atoms with Gasteiger partial charge in [-0.1, -0.05) is 31.0 Å². The van der Waals surface area contributed by atoms with Crippen molar-refractivity contribution in [2.24, 2.45) is 0 Å². The van der Waals surface area contributed by atoms with E-state index in [1.165, 1.54) is 12.8 Å². The molecule has 0 radical (unpaired) electrons. The molecule has 1 saturated carbocycles. The van der Waals surface area contributed by atoms with Crippen LogP contribution in [-0.4, -0.2) is 17.2 Å². The average Bonchev–Trinajstić information content (AvgIpc) is 2.83. The van der Waals surface area contributed by atoms with Crippen molar-refractivity contribution in [3.63, 3.8) is 0 Å². The van der Waals surface area contributed by atoms with E-state index >= 15 is 0 Å². The lowest BCUT2D eigenvalue weighted by Gasteiger charge is -2.16.